The zero-order chi connectivity index (χ0) is 13.3. The highest BCUT2D eigenvalue weighted by molar-refractivity contribution is 5.85. The number of ether oxygens (including phenoxy) is 1. The standard InChI is InChI=1S/C12H24N2O3.ClH/c1-9(2)7-11(15)14-10(5-4-6-13)8-12(16)17-3;/h9-10H,4-8,13H2,1-3H3,(H,14,15);1H/t10-;/m0./s1. The Bertz CT molecular complexity index is 247. The molecule has 0 rings (SSSR count). The van der Waals surface area contributed by atoms with Gasteiger partial charge in [-0.25, -0.2) is 0 Å². The zero-order valence-corrected chi connectivity index (χ0v) is 12.2. The molecule has 108 valence electrons. The van der Waals surface area contributed by atoms with E-state index in [2.05, 4.69) is 10.1 Å². The molecule has 0 aliphatic carbocycles. The van der Waals surface area contributed by atoms with Crippen LogP contribution in [0.4, 0.5) is 0 Å². The molecule has 0 saturated heterocycles. The van der Waals surface area contributed by atoms with Gasteiger partial charge in [-0.15, -0.1) is 12.4 Å². The van der Waals surface area contributed by atoms with Crippen LogP contribution in [0.2, 0.25) is 0 Å². The number of esters is 1. The second-order valence-electron chi connectivity index (χ2n) is 4.57. The number of nitrogens with two attached hydrogens (primary N) is 1. The normalized spacial score (nSPS) is 11.6. The maximum Gasteiger partial charge on any atom is 0.307 e. The first-order valence-corrected chi connectivity index (χ1v) is 6.05. The molecule has 0 radical (unpaired) electrons. The summed E-state index contributed by atoms with van der Waals surface area (Å²) in [5, 5.41) is 2.85. The van der Waals surface area contributed by atoms with Gasteiger partial charge in [0.2, 0.25) is 5.91 Å². The first-order chi connectivity index (χ1) is 7.99. The number of carbonyl (C=O) groups is 2. The smallest absolute Gasteiger partial charge is 0.307 e. The molecule has 0 aromatic heterocycles. The van der Waals surface area contributed by atoms with E-state index in [1.54, 1.807) is 0 Å². The Morgan fingerprint density at radius 3 is 2.33 bits per heavy atom. The van der Waals surface area contributed by atoms with E-state index in [9.17, 15) is 9.59 Å². The topological polar surface area (TPSA) is 81.4 Å². The first-order valence-electron chi connectivity index (χ1n) is 6.05. The van der Waals surface area contributed by atoms with Crippen molar-refractivity contribution in [2.24, 2.45) is 11.7 Å². The van der Waals surface area contributed by atoms with Gasteiger partial charge in [0, 0.05) is 12.5 Å². The largest absolute Gasteiger partial charge is 0.469 e. The fraction of sp³-hybridized carbons (Fsp3) is 0.833. The van der Waals surface area contributed by atoms with Gasteiger partial charge in [-0.3, -0.25) is 9.59 Å². The lowest BCUT2D eigenvalue weighted by Gasteiger charge is -2.18. The van der Waals surface area contributed by atoms with Crippen LogP contribution in [-0.4, -0.2) is 31.6 Å². The third kappa shape index (κ3) is 10.4. The summed E-state index contributed by atoms with van der Waals surface area (Å²) >= 11 is 0. The van der Waals surface area contributed by atoms with E-state index >= 15 is 0 Å². The van der Waals surface area contributed by atoms with Crippen LogP contribution in [0.1, 0.15) is 39.5 Å². The van der Waals surface area contributed by atoms with E-state index in [-0.39, 0.29) is 36.7 Å². The molecule has 0 aromatic rings. The molecule has 0 spiro atoms. The van der Waals surface area contributed by atoms with Crippen LogP contribution in [0, 0.1) is 5.92 Å². The zero-order valence-electron chi connectivity index (χ0n) is 11.4. The highest BCUT2D eigenvalue weighted by Crippen LogP contribution is 2.05. The molecule has 1 atom stereocenters. The third-order valence-corrected chi connectivity index (χ3v) is 2.36. The van der Waals surface area contributed by atoms with Crippen molar-refractivity contribution in [2.45, 2.75) is 45.6 Å². The molecule has 5 nitrogen and oxygen atoms in total. The predicted octanol–water partition coefficient (Wildman–Crippen LogP) is 1.24. The summed E-state index contributed by atoms with van der Waals surface area (Å²) in [5.74, 6) is -0.0221. The Balaban J connectivity index is 0. The maximum absolute atomic E-state index is 11.6. The fourth-order valence-electron chi connectivity index (χ4n) is 1.53. The van der Waals surface area contributed by atoms with Gasteiger partial charge in [0.15, 0.2) is 0 Å². The number of rotatable bonds is 8. The summed E-state index contributed by atoms with van der Waals surface area (Å²) < 4.78 is 4.60. The summed E-state index contributed by atoms with van der Waals surface area (Å²) in [5.41, 5.74) is 5.42. The van der Waals surface area contributed by atoms with E-state index in [1.807, 2.05) is 13.8 Å². The Morgan fingerprint density at radius 1 is 1.28 bits per heavy atom. The molecular weight excluding hydrogens is 256 g/mol. The Kier molecular flexibility index (Phi) is 12.2. The lowest BCUT2D eigenvalue weighted by molar-refractivity contribution is -0.141. The molecule has 0 saturated carbocycles. The summed E-state index contributed by atoms with van der Waals surface area (Å²) in [4.78, 5) is 22.8. The number of hydrogen-bond acceptors (Lipinski definition) is 4. The monoisotopic (exact) mass is 280 g/mol. The average molecular weight is 281 g/mol. The Hall–Kier alpha value is -0.810. The van der Waals surface area contributed by atoms with Gasteiger partial charge >= 0.3 is 5.97 Å². The van der Waals surface area contributed by atoms with E-state index in [0.717, 1.165) is 6.42 Å². The SMILES string of the molecule is COC(=O)C[C@H](CCCN)NC(=O)CC(C)C.Cl. The quantitative estimate of drug-likeness (QED) is 0.656. The van der Waals surface area contributed by atoms with E-state index in [0.29, 0.717) is 25.3 Å². The summed E-state index contributed by atoms with van der Waals surface area (Å²) in [6, 6.07) is -0.169. The molecule has 0 heterocycles. The second kappa shape index (κ2) is 11.3. The van der Waals surface area contributed by atoms with Gasteiger partial charge in [0.05, 0.1) is 13.5 Å². The summed E-state index contributed by atoms with van der Waals surface area (Å²) in [7, 11) is 1.35. The van der Waals surface area contributed by atoms with Gasteiger partial charge in [-0.1, -0.05) is 13.8 Å². The van der Waals surface area contributed by atoms with Gasteiger partial charge in [-0.05, 0) is 25.3 Å². The third-order valence-electron chi connectivity index (χ3n) is 2.36. The molecule has 0 bridgehead atoms. The number of carbonyl (C=O) groups excluding carboxylic acids is 2. The van der Waals surface area contributed by atoms with Crippen molar-refractivity contribution in [3.8, 4) is 0 Å². The molecule has 18 heavy (non-hydrogen) atoms. The van der Waals surface area contributed by atoms with Crippen LogP contribution < -0.4 is 11.1 Å². The summed E-state index contributed by atoms with van der Waals surface area (Å²) in [6.45, 7) is 4.52. The van der Waals surface area contributed by atoms with Crippen LogP contribution in [0.5, 0.6) is 0 Å². The van der Waals surface area contributed by atoms with Crippen LogP contribution >= 0.6 is 12.4 Å². The van der Waals surface area contributed by atoms with Gasteiger partial charge in [0.25, 0.3) is 0 Å². The maximum atomic E-state index is 11.6. The van der Waals surface area contributed by atoms with Crippen molar-refractivity contribution in [3.05, 3.63) is 0 Å². The number of halogens is 1. The average Bonchev–Trinajstić information content (AvgIpc) is 2.24. The molecular formula is C12H25ClN2O3. The Morgan fingerprint density at radius 2 is 1.89 bits per heavy atom. The number of nitrogens with one attached hydrogen (secondary N) is 1. The van der Waals surface area contributed by atoms with Crippen LogP contribution in [0.25, 0.3) is 0 Å². The van der Waals surface area contributed by atoms with Crippen molar-refractivity contribution in [2.75, 3.05) is 13.7 Å². The van der Waals surface area contributed by atoms with Crippen molar-refractivity contribution < 1.29 is 14.3 Å². The van der Waals surface area contributed by atoms with Crippen LogP contribution in [0.15, 0.2) is 0 Å². The molecule has 0 aromatic carbocycles. The molecule has 1 amide bonds. The van der Waals surface area contributed by atoms with Gasteiger partial charge in [-0.2, -0.15) is 0 Å². The number of methoxy groups -OCH3 is 1. The van der Waals surface area contributed by atoms with Gasteiger partial charge < -0.3 is 15.8 Å². The second-order valence-corrected chi connectivity index (χ2v) is 4.57. The number of amides is 1. The van der Waals surface area contributed by atoms with Crippen LogP contribution in [0.3, 0.4) is 0 Å². The minimum Gasteiger partial charge on any atom is -0.469 e. The van der Waals surface area contributed by atoms with Crippen LogP contribution in [-0.2, 0) is 14.3 Å². The van der Waals surface area contributed by atoms with Crippen molar-refractivity contribution in [3.63, 3.8) is 0 Å². The minimum atomic E-state index is -0.308. The minimum absolute atomic E-state index is 0. The molecule has 0 unspecified atom stereocenters. The molecule has 0 fully saturated rings. The Labute approximate surface area is 115 Å². The lowest BCUT2D eigenvalue weighted by Crippen LogP contribution is -2.37. The van der Waals surface area contributed by atoms with Crippen molar-refractivity contribution in [1.29, 1.82) is 0 Å². The molecule has 3 N–H and O–H groups in total. The fourth-order valence-corrected chi connectivity index (χ4v) is 1.53. The summed E-state index contributed by atoms with van der Waals surface area (Å²) in [6.07, 6.45) is 2.17. The highest BCUT2D eigenvalue weighted by Gasteiger charge is 2.16. The lowest BCUT2D eigenvalue weighted by atomic mass is 10.1. The molecule has 0 aliphatic heterocycles. The van der Waals surface area contributed by atoms with Crippen molar-refractivity contribution >= 4 is 24.3 Å². The van der Waals surface area contributed by atoms with E-state index in [1.165, 1.54) is 7.11 Å². The highest BCUT2D eigenvalue weighted by atomic mass is 35.5. The molecule has 0 aliphatic rings. The molecule has 6 heteroatoms. The number of hydrogen-bond donors (Lipinski definition) is 2. The first kappa shape index (κ1) is 19.5. The predicted molar refractivity (Wildman–Crippen MR) is 73.6 cm³/mol. The van der Waals surface area contributed by atoms with E-state index in [4.69, 9.17) is 5.73 Å². The van der Waals surface area contributed by atoms with Gasteiger partial charge in [0.1, 0.15) is 0 Å². The van der Waals surface area contributed by atoms with E-state index < -0.39 is 0 Å². The van der Waals surface area contributed by atoms with Crippen molar-refractivity contribution in [1.82, 2.24) is 5.32 Å².